The number of nitrogens with zero attached hydrogens (tertiary/aromatic N) is 3. The lowest BCUT2D eigenvalue weighted by atomic mass is 9.96. The van der Waals surface area contributed by atoms with Crippen LogP contribution in [0.3, 0.4) is 0 Å². The van der Waals surface area contributed by atoms with E-state index < -0.39 is 0 Å². The minimum atomic E-state index is 0.761. The third-order valence-corrected chi connectivity index (χ3v) is 4.97. The van der Waals surface area contributed by atoms with Crippen LogP contribution in [0.15, 0.2) is 73.2 Å². The molecule has 0 radical (unpaired) electrons. The second-order valence-electron chi connectivity index (χ2n) is 7.01. The average molecular weight is 353 g/mol. The number of benzene rings is 2. The molecular weight excluding hydrogens is 330 g/mol. The van der Waals surface area contributed by atoms with Gasteiger partial charge in [-0.25, -0.2) is 9.97 Å². The quantitative estimate of drug-likeness (QED) is 0.486. The summed E-state index contributed by atoms with van der Waals surface area (Å²) in [5.74, 6) is 0. The maximum absolute atomic E-state index is 4.47. The molecule has 0 atom stereocenters. The molecule has 4 rings (SSSR count). The van der Waals surface area contributed by atoms with Crippen LogP contribution in [0.25, 0.3) is 16.6 Å². The number of aromatic nitrogens is 3. The van der Waals surface area contributed by atoms with Gasteiger partial charge < -0.3 is 4.57 Å². The van der Waals surface area contributed by atoms with Crippen LogP contribution in [0.5, 0.6) is 0 Å². The molecule has 0 saturated carbocycles. The molecule has 2 aromatic heterocycles. The van der Waals surface area contributed by atoms with Gasteiger partial charge in [0.2, 0.25) is 0 Å². The number of aryl methyl sites for hydroxylation is 3. The van der Waals surface area contributed by atoms with Crippen molar-refractivity contribution in [2.45, 2.75) is 27.3 Å². The van der Waals surface area contributed by atoms with E-state index in [-0.39, 0.29) is 0 Å². The third kappa shape index (κ3) is 3.54. The molecule has 0 unspecified atom stereocenters. The lowest BCUT2D eigenvalue weighted by Crippen LogP contribution is -1.98. The van der Waals surface area contributed by atoms with E-state index in [1.54, 1.807) is 6.33 Å². The van der Waals surface area contributed by atoms with Gasteiger partial charge in [-0.05, 0) is 43.5 Å². The van der Waals surface area contributed by atoms with Crippen LogP contribution < -0.4 is 0 Å². The summed E-state index contributed by atoms with van der Waals surface area (Å²) in [6.07, 6.45) is 6.01. The second kappa shape index (κ2) is 7.20. The van der Waals surface area contributed by atoms with E-state index in [0.717, 1.165) is 23.3 Å². The molecule has 0 N–H and O–H groups in total. The summed E-state index contributed by atoms with van der Waals surface area (Å²) in [5, 5.41) is 1.11. The molecule has 3 nitrogen and oxygen atoms in total. The average Bonchev–Trinajstić information content (AvgIpc) is 3.09. The standard InChI is InChI=1S/C24H23N3/c1-17-4-8-20(9-5-17)23(21-10-6-18(2)7-11-21)13-15-27-14-12-22-19(3)25-16-26-24(22)27/h4-14,16H,15H2,1-3H3. The Kier molecular flexibility index (Phi) is 4.59. The molecule has 2 aromatic carbocycles. The van der Waals surface area contributed by atoms with E-state index in [4.69, 9.17) is 0 Å². The molecule has 3 heteroatoms. The van der Waals surface area contributed by atoms with Crippen LogP contribution in [0.4, 0.5) is 0 Å². The lowest BCUT2D eigenvalue weighted by Gasteiger charge is -2.11. The van der Waals surface area contributed by atoms with Crippen molar-refractivity contribution in [3.05, 3.63) is 101 Å². The van der Waals surface area contributed by atoms with E-state index in [9.17, 15) is 0 Å². The van der Waals surface area contributed by atoms with E-state index in [2.05, 4.69) is 95.3 Å². The molecular formula is C24H23N3. The van der Waals surface area contributed by atoms with Gasteiger partial charge in [-0.2, -0.15) is 0 Å². The Morgan fingerprint density at radius 2 is 1.41 bits per heavy atom. The van der Waals surface area contributed by atoms with Gasteiger partial charge in [0.05, 0.1) is 5.69 Å². The zero-order valence-electron chi connectivity index (χ0n) is 16.0. The van der Waals surface area contributed by atoms with E-state index in [1.807, 2.05) is 6.92 Å². The summed E-state index contributed by atoms with van der Waals surface area (Å²) in [5.41, 5.74) is 8.23. The number of hydrogen-bond acceptors (Lipinski definition) is 2. The van der Waals surface area contributed by atoms with Crippen molar-refractivity contribution in [3.8, 4) is 0 Å². The van der Waals surface area contributed by atoms with E-state index >= 15 is 0 Å². The first-order valence-corrected chi connectivity index (χ1v) is 9.22. The van der Waals surface area contributed by atoms with Crippen molar-refractivity contribution < 1.29 is 0 Å². The van der Waals surface area contributed by atoms with Gasteiger partial charge in [-0.15, -0.1) is 0 Å². The number of allylic oxidation sites excluding steroid dienone is 1. The van der Waals surface area contributed by atoms with Gasteiger partial charge in [-0.3, -0.25) is 0 Å². The molecule has 0 bridgehead atoms. The summed E-state index contributed by atoms with van der Waals surface area (Å²) in [7, 11) is 0. The monoisotopic (exact) mass is 353 g/mol. The van der Waals surface area contributed by atoms with Gasteiger partial charge in [0, 0.05) is 18.1 Å². The molecule has 0 saturated heterocycles. The number of hydrogen-bond donors (Lipinski definition) is 0. The van der Waals surface area contributed by atoms with Crippen LogP contribution in [0.1, 0.15) is 27.9 Å². The van der Waals surface area contributed by atoms with E-state index in [0.29, 0.717) is 0 Å². The highest BCUT2D eigenvalue weighted by atomic mass is 15.0. The summed E-state index contributed by atoms with van der Waals surface area (Å²) >= 11 is 0. The normalized spacial score (nSPS) is 10.9. The summed E-state index contributed by atoms with van der Waals surface area (Å²) in [4.78, 5) is 8.76. The maximum Gasteiger partial charge on any atom is 0.143 e. The first-order valence-electron chi connectivity index (χ1n) is 9.22. The van der Waals surface area contributed by atoms with Crippen LogP contribution >= 0.6 is 0 Å². The summed E-state index contributed by atoms with van der Waals surface area (Å²) in [6, 6.07) is 19.5. The number of fused-ring (bicyclic) bond motifs is 1. The third-order valence-electron chi connectivity index (χ3n) is 4.97. The highest BCUT2D eigenvalue weighted by Crippen LogP contribution is 2.25. The number of rotatable bonds is 4. The maximum atomic E-state index is 4.47. The van der Waals surface area contributed by atoms with Crippen LogP contribution in [-0.4, -0.2) is 14.5 Å². The Morgan fingerprint density at radius 1 is 0.815 bits per heavy atom. The molecule has 0 aliphatic carbocycles. The fraction of sp³-hybridized carbons (Fsp3) is 0.167. The second-order valence-corrected chi connectivity index (χ2v) is 7.01. The highest BCUT2D eigenvalue weighted by Gasteiger charge is 2.08. The summed E-state index contributed by atoms with van der Waals surface area (Å²) < 4.78 is 2.17. The van der Waals surface area contributed by atoms with Gasteiger partial charge in [-0.1, -0.05) is 65.7 Å². The van der Waals surface area contributed by atoms with Crippen molar-refractivity contribution in [2.75, 3.05) is 0 Å². The fourth-order valence-corrected chi connectivity index (χ4v) is 3.34. The van der Waals surface area contributed by atoms with Gasteiger partial charge in [0.15, 0.2) is 0 Å². The predicted molar refractivity (Wildman–Crippen MR) is 112 cm³/mol. The molecule has 4 aromatic rings. The van der Waals surface area contributed by atoms with Crippen molar-refractivity contribution in [3.63, 3.8) is 0 Å². The first kappa shape index (κ1) is 17.2. The Balaban J connectivity index is 1.76. The van der Waals surface area contributed by atoms with Crippen molar-refractivity contribution in [1.29, 1.82) is 0 Å². The molecule has 27 heavy (non-hydrogen) atoms. The molecule has 0 aliphatic rings. The molecule has 0 aliphatic heterocycles. The zero-order chi connectivity index (χ0) is 18.8. The van der Waals surface area contributed by atoms with Crippen LogP contribution in [-0.2, 0) is 6.54 Å². The van der Waals surface area contributed by atoms with Gasteiger partial charge in [0.1, 0.15) is 12.0 Å². The lowest BCUT2D eigenvalue weighted by molar-refractivity contribution is 0.848. The van der Waals surface area contributed by atoms with Crippen LogP contribution in [0.2, 0.25) is 0 Å². The summed E-state index contributed by atoms with van der Waals surface area (Å²) in [6.45, 7) is 7.02. The SMILES string of the molecule is Cc1ccc(C(=CCn2ccc3c(C)ncnc32)c2ccc(C)cc2)cc1. The van der Waals surface area contributed by atoms with E-state index in [1.165, 1.54) is 27.8 Å². The topological polar surface area (TPSA) is 30.7 Å². The highest BCUT2D eigenvalue weighted by molar-refractivity contribution is 5.81. The first-order chi connectivity index (χ1) is 13.1. The van der Waals surface area contributed by atoms with Crippen LogP contribution in [0, 0.1) is 20.8 Å². The molecule has 0 spiro atoms. The van der Waals surface area contributed by atoms with Crippen molar-refractivity contribution in [1.82, 2.24) is 14.5 Å². The largest absolute Gasteiger partial charge is 0.329 e. The van der Waals surface area contributed by atoms with Crippen molar-refractivity contribution >= 4 is 16.6 Å². The van der Waals surface area contributed by atoms with Crippen molar-refractivity contribution in [2.24, 2.45) is 0 Å². The molecule has 0 amide bonds. The Morgan fingerprint density at radius 3 is 2.00 bits per heavy atom. The molecule has 134 valence electrons. The Labute approximate surface area is 160 Å². The van der Waals surface area contributed by atoms with Gasteiger partial charge in [0.25, 0.3) is 0 Å². The Hall–Kier alpha value is -3.20. The molecule has 0 fully saturated rings. The minimum absolute atomic E-state index is 0.761. The smallest absolute Gasteiger partial charge is 0.143 e. The Bertz CT molecular complexity index is 1050. The zero-order valence-corrected chi connectivity index (χ0v) is 16.0. The van der Waals surface area contributed by atoms with Gasteiger partial charge >= 0.3 is 0 Å². The predicted octanol–water partition coefficient (Wildman–Crippen LogP) is 5.49. The molecule has 2 heterocycles. The fourth-order valence-electron chi connectivity index (χ4n) is 3.34. The minimum Gasteiger partial charge on any atom is -0.329 e.